The Bertz CT molecular complexity index is 1380. The van der Waals surface area contributed by atoms with Gasteiger partial charge in [0.05, 0.1) is 11.8 Å². The molecule has 0 aromatic heterocycles. The number of hydrogen-bond donors (Lipinski definition) is 1. The second-order valence-corrected chi connectivity index (χ2v) is 12.3. The average Bonchev–Trinajstić information content (AvgIpc) is 3.38. The van der Waals surface area contributed by atoms with Crippen LogP contribution < -0.4 is 4.74 Å². The minimum atomic E-state index is -0.919. The van der Waals surface area contributed by atoms with E-state index in [-0.39, 0.29) is 22.7 Å². The molecule has 1 N–H and O–H groups in total. The molecule has 2 aliphatic rings. The SMILES string of the molecule is CC(C)(C)c1cccc2c(OC(=O)C3C4C=CC(C4)C3C(=O)O)c3c(C(C)(C)C)cccc3cc12. The Balaban J connectivity index is 1.76. The maximum Gasteiger partial charge on any atom is 0.315 e. The number of carbonyl (C=O) groups is 2. The lowest BCUT2D eigenvalue weighted by Gasteiger charge is -2.27. The normalized spacial score (nSPS) is 23.8. The van der Waals surface area contributed by atoms with Crippen LogP contribution in [0.4, 0.5) is 0 Å². The van der Waals surface area contributed by atoms with Gasteiger partial charge in [0.15, 0.2) is 0 Å². The molecule has 1 fully saturated rings. The van der Waals surface area contributed by atoms with Gasteiger partial charge in [-0.2, -0.15) is 0 Å². The first-order chi connectivity index (χ1) is 16.4. The summed E-state index contributed by atoms with van der Waals surface area (Å²) in [6, 6.07) is 14.6. The molecule has 0 heterocycles. The summed E-state index contributed by atoms with van der Waals surface area (Å²) in [4.78, 5) is 25.8. The van der Waals surface area contributed by atoms with E-state index in [4.69, 9.17) is 4.74 Å². The predicted octanol–water partition coefficient (Wildman–Crippen LogP) is 7.02. The summed E-state index contributed by atoms with van der Waals surface area (Å²) in [6.07, 6.45) is 4.65. The van der Waals surface area contributed by atoms with Crippen molar-refractivity contribution in [1.29, 1.82) is 0 Å². The average molecular weight is 471 g/mol. The van der Waals surface area contributed by atoms with Gasteiger partial charge in [-0.1, -0.05) is 90.1 Å². The van der Waals surface area contributed by atoms with Gasteiger partial charge in [0, 0.05) is 10.8 Å². The van der Waals surface area contributed by atoms with E-state index in [9.17, 15) is 14.7 Å². The summed E-state index contributed by atoms with van der Waals surface area (Å²) in [5.74, 6) is -2.38. The van der Waals surface area contributed by atoms with Crippen LogP contribution in [0.15, 0.2) is 54.6 Å². The van der Waals surface area contributed by atoms with E-state index in [2.05, 4.69) is 71.9 Å². The Labute approximate surface area is 207 Å². The standard InChI is InChI=1S/C31H34O4/c1-30(2,3)22-11-8-10-20-21(22)16-17-9-7-12-23(31(4,5)6)24(17)27(20)35-29(34)26-19-14-13-18(15-19)25(26)28(32)33/h7-14,16,18-19,25-26H,15H2,1-6H3,(H,32,33). The molecule has 182 valence electrons. The van der Waals surface area contributed by atoms with Crippen LogP contribution in [0.5, 0.6) is 5.75 Å². The van der Waals surface area contributed by atoms with Crippen molar-refractivity contribution >= 4 is 33.5 Å². The molecule has 35 heavy (non-hydrogen) atoms. The van der Waals surface area contributed by atoms with Crippen LogP contribution in [0.2, 0.25) is 0 Å². The molecule has 3 aromatic carbocycles. The third kappa shape index (κ3) is 3.84. The zero-order chi connectivity index (χ0) is 25.3. The highest BCUT2D eigenvalue weighted by Gasteiger charge is 2.52. The molecule has 4 atom stereocenters. The molecule has 3 aromatic rings. The molecule has 0 amide bonds. The van der Waals surface area contributed by atoms with Crippen molar-refractivity contribution in [1.82, 2.24) is 0 Å². The number of carbonyl (C=O) groups excluding carboxylic acids is 1. The van der Waals surface area contributed by atoms with Crippen LogP contribution in [0.25, 0.3) is 21.5 Å². The lowest BCUT2D eigenvalue weighted by molar-refractivity contribution is -0.152. The number of aliphatic carboxylic acids is 1. The molecule has 0 aliphatic heterocycles. The molecule has 2 aliphatic carbocycles. The van der Waals surface area contributed by atoms with Crippen molar-refractivity contribution in [3.63, 3.8) is 0 Å². The van der Waals surface area contributed by atoms with Gasteiger partial charge in [0.2, 0.25) is 0 Å². The zero-order valence-corrected chi connectivity index (χ0v) is 21.4. The van der Waals surface area contributed by atoms with Crippen molar-refractivity contribution in [3.05, 3.63) is 65.7 Å². The van der Waals surface area contributed by atoms with Crippen LogP contribution in [0, 0.1) is 23.7 Å². The second-order valence-electron chi connectivity index (χ2n) is 12.3. The van der Waals surface area contributed by atoms with E-state index in [0.29, 0.717) is 12.2 Å². The third-order valence-electron chi connectivity index (χ3n) is 7.81. The third-order valence-corrected chi connectivity index (χ3v) is 7.81. The molecular formula is C31H34O4. The highest BCUT2D eigenvalue weighted by Crippen LogP contribution is 2.50. The molecule has 4 heteroatoms. The van der Waals surface area contributed by atoms with Crippen molar-refractivity contribution in [2.75, 3.05) is 0 Å². The molecule has 0 spiro atoms. The minimum Gasteiger partial charge on any atom is -0.481 e. The fourth-order valence-electron chi connectivity index (χ4n) is 6.19. The fourth-order valence-corrected chi connectivity index (χ4v) is 6.19. The van der Waals surface area contributed by atoms with Gasteiger partial charge >= 0.3 is 11.9 Å². The Kier molecular flexibility index (Phi) is 5.35. The predicted molar refractivity (Wildman–Crippen MR) is 140 cm³/mol. The van der Waals surface area contributed by atoms with E-state index in [1.54, 1.807) is 0 Å². The zero-order valence-electron chi connectivity index (χ0n) is 21.4. The lowest BCUT2D eigenvalue weighted by Crippen LogP contribution is -2.35. The van der Waals surface area contributed by atoms with E-state index in [0.717, 1.165) is 27.1 Å². The number of allylic oxidation sites excluding steroid dienone is 2. The number of hydrogen-bond acceptors (Lipinski definition) is 3. The van der Waals surface area contributed by atoms with E-state index < -0.39 is 23.8 Å². The summed E-state index contributed by atoms with van der Waals surface area (Å²) in [5.41, 5.74) is 2.01. The van der Waals surface area contributed by atoms with Crippen LogP contribution >= 0.6 is 0 Å². The molecule has 1 saturated carbocycles. The summed E-state index contributed by atoms with van der Waals surface area (Å²) in [5, 5.41) is 13.8. The number of benzene rings is 3. The van der Waals surface area contributed by atoms with Crippen LogP contribution in [0.3, 0.4) is 0 Å². The maximum absolute atomic E-state index is 13.7. The molecule has 0 saturated heterocycles. The first-order valence-corrected chi connectivity index (χ1v) is 12.5. The number of fused-ring (bicyclic) bond motifs is 4. The first-order valence-electron chi connectivity index (χ1n) is 12.5. The van der Waals surface area contributed by atoms with Gasteiger partial charge in [-0.3, -0.25) is 9.59 Å². The highest BCUT2D eigenvalue weighted by atomic mass is 16.5. The molecular weight excluding hydrogens is 436 g/mol. The van der Waals surface area contributed by atoms with Crippen LogP contribution in [0.1, 0.15) is 59.1 Å². The Morgan fingerprint density at radius 1 is 0.829 bits per heavy atom. The monoisotopic (exact) mass is 470 g/mol. The number of ether oxygens (including phenoxy) is 1. The molecule has 4 nitrogen and oxygen atoms in total. The largest absolute Gasteiger partial charge is 0.481 e. The molecule has 2 bridgehead atoms. The topological polar surface area (TPSA) is 63.6 Å². The van der Waals surface area contributed by atoms with Crippen molar-refractivity contribution < 1.29 is 19.4 Å². The second kappa shape index (κ2) is 7.94. The Hall–Kier alpha value is -3.14. The quantitative estimate of drug-likeness (QED) is 0.193. The first kappa shape index (κ1) is 23.6. The molecule has 4 unspecified atom stereocenters. The molecule has 0 radical (unpaired) electrons. The number of rotatable bonds is 3. The van der Waals surface area contributed by atoms with E-state index in [1.807, 2.05) is 24.3 Å². The van der Waals surface area contributed by atoms with Gasteiger partial charge in [0.25, 0.3) is 0 Å². The molecule has 5 rings (SSSR count). The lowest BCUT2D eigenvalue weighted by atomic mass is 9.80. The Morgan fingerprint density at radius 3 is 2.06 bits per heavy atom. The summed E-state index contributed by atoms with van der Waals surface area (Å²) in [6.45, 7) is 13.0. The Morgan fingerprint density at radius 2 is 1.43 bits per heavy atom. The van der Waals surface area contributed by atoms with Crippen molar-refractivity contribution in [2.24, 2.45) is 23.7 Å². The maximum atomic E-state index is 13.7. The minimum absolute atomic E-state index is 0.0814. The number of carboxylic acids is 1. The summed E-state index contributed by atoms with van der Waals surface area (Å²) >= 11 is 0. The number of carboxylic acid groups (broad SMARTS) is 1. The van der Waals surface area contributed by atoms with Gasteiger partial charge < -0.3 is 9.84 Å². The van der Waals surface area contributed by atoms with Crippen molar-refractivity contribution in [3.8, 4) is 5.75 Å². The smallest absolute Gasteiger partial charge is 0.315 e. The van der Waals surface area contributed by atoms with Gasteiger partial charge in [-0.15, -0.1) is 0 Å². The highest BCUT2D eigenvalue weighted by molar-refractivity contribution is 6.09. The number of esters is 1. The summed E-state index contributed by atoms with van der Waals surface area (Å²) in [7, 11) is 0. The van der Waals surface area contributed by atoms with Gasteiger partial charge in [0.1, 0.15) is 5.75 Å². The van der Waals surface area contributed by atoms with E-state index in [1.165, 1.54) is 5.56 Å². The fraction of sp³-hybridized carbons (Fsp3) is 0.419. The van der Waals surface area contributed by atoms with Crippen LogP contribution in [-0.2, 0) is 20.4 Å². The van der Waals surface area contributed by atoms with Gasteiger partial charge in [-0.05, 0) is 57.1 Å². The van der Waals surface area contributed by atoms with Crippen LogP contribution in [-0.4, -0.2) is 17.0 Å². The van der Waals surface area contributed by atoms with Crippen molar-refractivity contribution in [2.45, 2.75) is 58.8 Å². The van der Waals surface area contributed by atoms with E-state index >= 15 is 0 Å². The summed E-state index contributed by atoms with van der Waals surface area (Å²) < 4.78 is 6.33. The van der Waals surface area contributed by atoms with Gasteiger partial charge in [-0.25, -0.2) is 0 Å².